The number of amides is 1. The zero-order valence-corrected chi connectivity index (χ0v) is 8.61. The van der Waals surface area contributed by atoms with Gasteiger partial charge in [-0.25, -0.2) is 4.98 Å². The minimum absolute atomic E-state index is 0.287. The van der Waals surface area contributed by atoms with Gasteiger partial charge in [0.2, 0.25) is 5.91 Å². The molecule has 5 heteroatoms. The zero-order valence-electron chi connectivity index (χ0n) is 11.6. The first-order valence-corrected chi connectivity index (χ1v) is 4.96. The maximum Gasteiger partial charge on any atom is 0.249 e. The molecule has 0 saturated carbocycles. The highest BCUT2D eigenvalue weighted by Crippen LogP contribution is 2.35. The van der Waals surface area contributed by atoms with E-state index in [4.69, 9.17) is 4.11 Å². The highest BCUT2D eigenvalue weighted by atomic mass is 16.2. The van der Waals surface area contributed by atoms with E-state index >= 15 is 0 Å². The van der Waals surface area contributed by atoms with Crippen molar-refractivity contribution >= 4 is 28.3 Å². The molecule has 0 spiro atoms. The molecular weight excluding hydrogens is 204 g/mol. The Morgan fingerprint density at radius 1 is 1.62 bits per heavy atom. The van der Waals surface area contributed by atoms with Crippen molar-refractivity contribution in [2.75, 3.05) is 17.2 Å². The summed E-state index contributed by atoms with van der Waals surface area (Å²) in [6.07, 6.45) is 3.12. The monoisotopic (exact) mass is 219 g/mol. The van der Waals surface area contributed by atoms with Gasteiger partial charge in [0.1, 0.15) is 11.7 Å². The molecule has 0 aromatic carbocycles. The first-order valence-electron chi connectivity index (χ1n) is 6.46. The Morgan fingerprint density at radius 2 is 2.50 bits per heavy atom. The molecule has 0 aliphatic carbocycles. The molecule has 2 aromatic rings. The molecule has 1 aliphatic rings. The molecule has 3 heterocycles. The number of H-pyrrole nitrogens is 1. The second-order valence-electron chi connectivity index (χ2n) is 3.80. The third-order valence-corrected chi connectivity index (χ3v) is 2.76. The fourth-order valence-electron chi connectivity index (χ4n) is 1.91. The van der Waals surface area contributed by atoms with E-state index in [-0.39, 0.29) is 5.69 Å². The fraction of sp³-hybridized carbons (Fsp3) is 0.273. The van der Waals surface area contributed by atoms with Crippen LogP contribution in [-0.4, -0.2) is 28.9 Å². The largest absolute Gasteiger partial charge is 0.372 e. The number of carbonyl (C=O) groups is 1. The number of aromatic amines is 1. The van der Waals surface area contributed by atoms with Gasteiger partial charge in [-0.1, -0.05) is 0 Å². The van der Waals surface area contributed by atoms with Gasteiger partial charge in [0.15, 0.2) is 0 Å². The molecule has 0 bridgehead atoms. The van der Waals surface area contributed by atoms with Crippen LogP contribution in [0.4, 0.5) is 11.4 Å². The molecule has 0 radical (unpaired) electrons. The number of hydrogen-bond acceptors (Lipinski definition) is 3. The van der Waals surface area contributed by atoms with E-state index < -0.39 is 18.9 Å². The van der Waals surface area contributed by atoms with Crippen LogP contribution in [0.2, 0.25) is 0 Å². The smallest absolute Gasteiger partial charge is 0.249 e. The summed E-state index contributed by atoms with van der Waals surface area (Å²) in [5.41, 5.74) is 1.56. The molecule has 1 atom stereocenters. The maximum absolute atomic E-state index is 12.1. The maximum atomic E-state index is 12.1. The average molecular weight is 219 g/mol. The molecular formula is C11H12N4O. The molecule has 0 fully saturated rings. The molecule has 1 unspecified atom stereocenters. The lowest BCUT2D eigenvalue weighted by molar-refractivity contribution is -0.118. The zero-order chi connectivity index (χ0) is 13.8. The highest BCUT2D eigenvalue weighted by Gasteiger charge is 2.28. The Hall–Kier alpha value is -2.04. The summed E-state index contributed by atoms with van der Waals surface area (Å²) in [5, 5.41) is 3.81. The van der Waals surface area contributed by atoms with E-state index in [1.165, 1.54) is 6.20 Å². The lowest BCUT2D eigenvalue weighted by Crippen LogP contribution is -2.43. The number of hydrogen-bond donors (Lipinski definition) is 2. The van der Waals surface area contributed by atoms with Crippen LogP contribution in [0.3, 0.4) is 0 Å². The summed E-state index contributed by atoms with van der Waals surface area (Å²) in [5.74, 6) is -0.482. The van der Waals surface area contributed by atoms with Gasteiger partial charge in [0.05, 0.1) is 17.6 Å². The number of aromatic nitrogens is 2. The minimum atomic E-state index is -2.52. The van der Waals surface area contributed by atoms with Crippen molar-refractivity contribution in [1.29, 1.82) is 0 Å². The SMILES string of the molecule is [2H]C([2H])([2H])N1C(=O)C(C)Nc2c1cnc1[nH]ccc21. The fourth-order valence-corrected chi connectivity index (χ4v) is 1.91. The van der Waals surface area contributed by atoms with Crippen molar-refractivity contribution in [3.05, 3.63) is 18.5 Å². The predicted molar refractivity (Wildman–Crippen MR) is 62.6 cm³/mol. The molecule has 3 rings (SSSR count). The van der Waals surface area contributed by atoms with Crippen molar-refractivity contribution in [3.63, 3.8) is 0 Å². The van der Waals surface area contributed by atoms with E-state index in [1.54, 1.807) is 19.2 Å². The Balaban J connectivity index is 2.28. The third kappa shape index (κ3) is 1.05. The van der Waals surface area contributed by atoms with E-state index in [0.29, 0.717) is 11.3 Å². The van der Waals surface area contributed by atoms with E-state index in [1.807, 2.05) is 0 Å². The lowest BCUT2D eigenvalue weighted by Gasteiger charge is -2.31. The van der Waals surface area contributed by atoms with Crippen LogP contribution < -0.4 is 10.2 Å². The number of nitrogens with one attached hydrogen (secondary N) is 2. The normalized spacial score (nSPS) is 23.3. The Morgan fingerprint density at radius 3 is 3.31 bits per heavy atom. The summed E-state index contributed by atoms with van der Waals surface area (Å²) >= 11 is 0. The number of rotatable bonds is 0. The number of pyridine rings is 1. The van der Waals surface area contributed by atoms with Crippen LogP contribution in [-0.2, 0) is 4.79 Å². The van der Waals surface area contributed by atoms with Crippen LogP contribution in [0.15, 0.2) is 18.5 Å². The Labute approximate surface area is 96.7 Å². The van der Waals surface area contributed by atoms with Gasteiger partial charge in [-0.15, -0.1) is 0 Å². The predicted octanol–water partition coefficient (Wildman–Crippen LogP) is 1.34. The second-order valence-corrected chi connectivity index (χ2v) is 3.80. The van der Waals surface area contributed by atoms with Crippen molar-refractivity contribution in [3.8, 4) is 0 Å². The molecule has 2 N–H and O–H groups in total. The van der Waals surface area contributed by atoms with Crippen molar-refractivity contribution < 1.29 is 8.91 Å². The van der Waals surface area contributed by atoms with E-state index in [0.717, 1.165) is 10.3 Å². The first-order chi connectivity index (χ1) is 8.89. The summed E-state index contributed by atoms with van der Waals surface area (Å²) in [6.45, 7) is -0.878. The summed E-state index contributed by atoms with van der Waals surface area (Å²) in [6, 6.07) is 1.21. The van der Waals surface area contributed by atoms with Crippen LogP contribution in [0.1, 0.15) is 11.0 Å². The number of nitrogens with zero attached hydrogens (tertiary/aromatic N) is 2. The van der Waals surface area contributed by atoms with Gasteiger partial charge >= 0.3 is 0 Å². The minimum Gasteiger partial charge on any atom is -0.372 e. The van der Waals surface area contributed by atoms with Gasteiger partial charge in [0, 0.05) is 22.7 Å². The second kappa shape index (κ2) is 2.98. The Bertz CT molecular complexity index is 663. The van der Waals surface area contributed by atoms with Crippen molar-refractivity contribution in [2.24, 2.45) is 0 Å². The third-order valence-electron chi connectivity index (χ3n) is 2.76. The van der Waals surface area contributed by atoms with Gasteiger partial charge in [0.25, 0.3) is 0 Å². The quantitative estimate of drug-likeness (QED) is 0.703. The van der Waals surface area contributed by atoms with Gasteiger partial charge in [-0.05, 0) is 13.0 Å². The van der Waals surface area contributed by atoms with E-state index in [9.17, 15) is 4.79 Å². The number of carbonyl (C=O) groups excluding carboxylic acids is 1. The van der Waals surface area contributed by atoms with Crippen LogP contribution in [0.5, 0.6) is 0 Å². The highest BCUT2D eigenvalue weighted by molar-refractivity contribution is 6.09. The van der Waals surface area contributed by atoms with Crippen molar-refractivity contribution in [2.45, 2.75) is 13.0 Å². The molecule has 82 valence electrons. The topological polar surface area (TPSA) is 61.0 Å². The molecule has 1 aliphatic heterocycles. The van der Waals surface area contributed by atoms with E-state index in [2.05, 4.69) is 15.3 Å². The molecule has 5 nitrogen and oxygen atoms in total. The molecule has 2 aromatic heterocycles. The lowest BCUT2D eigenvalue weighted by atomic mass is 10.1. The van der Waals surface area contributed by atoms with Crippen LogP contribution in [0.25, 0.3) is 11.0 Å². The molecule has 16 heavy (non-hydrogen) atoms. The number of fused-ring (bicyclic) bond motifs is 3. The molecule has 0 saturated heterocycles. The Kier molecular flexibility index (Phi) is 1.21. The number of anilines is 2. The van der Waals surface area contributed by atoms with Crippen LogP contribution in [0, 0.1) is 0 Å². The van der Waals surface area contributed by atoms with Crippen molar-refractivity contribution in [1.82, 2.24) is 9.97 Å². The summed E-state index contributed by atoms with van der Waals surface area (Å²) in [7, 11) is 0. The average Bonchev–Trinajstić information content (AvgIpc) is 2.77. The first kappa shape index (κ1) is 6.52. The standard InChI is InChI=1S/C11H12N4O/c1-6-11(16)15(2)8-5-13-10-7(3-4-12-10)9(8)14-6/h3-6,14H,1-2H3,(H,12,13)/i2D3. The number of likely N-dealkylation sites (N-methyl/N-ethyl adjacent to an activating group) is 1. The van der Waals surface area contributed by atoms with Gasteiger partial charge < -0.3 is 15.2 Å². The molecule has 1 amide bonds. The van der Waals surface area contributed by atoms with Gasteiger partial charge in [-0.2, -0.15) is 0 Å². The van der Waals surface area contributed by atoms with Crippen LogP contribution >= 0.6 is 0 Å². The summed E-state index contributed by atoms with van der Waals surface area (Å²) < 4.78 is 22.6. The summed E-state index contributed by atoms with van der Waals surface area (Å²) in [4.78, 5) is 20.0. The van der Waals surface area contributed by atoms with Gasteiger partial charge in [-0.3, -0.25) is 4.79 Å².